The van der Waals surface area contributed by atoms with Crippen molar-refractivity contribution in [1.82, 2.24) is 20.0 Å². The molecule has 0 saturated carbocycles. The molecule has 2 rings (SSSR count). The summed E-state index contributed by atoms with van der Waals surface area (Å²) in [6.45, 7) is 12.8. The SMILES string of the molecule is Cc1cc(C(=O)N2CCNC[C@@H]2C)nn1C(C)(C)C.Cl. The van der Waals surface area contributed by atoms with Gasteiger partial charge in [0.05, 0.1) is 5.54 Å². The van der Waals surface area contributed by atoms with Crippen LogP contribution < -0.4 is 5.32 Å². The Morgan fingerprint density at radius 2 is 2.10 bits per heavy atom. The molecule has 1 aromatic rings. The first kappa shape index (κ1) is 17.0. The van der Waals surface area contributed by atoms with Crippen molar-refractivity contribution < 1.29 is 4.79 Å². The lowest BCUT2D eigenvalue weighted by atomic mass is 10.1. The first-order valence-electron chi connectivity index (χ1n) is 6.89. The average molecular weight is 301 g/mol. The summed E-state index contributed by atoms with van der Waals surface area (Å²) in [5, 5.41) is 7.79. The summed E-state index contributed by atoms with van der Waals surface area (Å²) < 4.78 is 1.92. The van der Waals surface area contributed by atoms with Crippen LogP contribution in [0, 0.1) is 6.92 Å². The normalized spacial score (nSPS) is 19.6. The summed E-state index contributed by atoms with van der Waals surface area (Å²) in [5.41, 5.74) is 1.48. The monoisotopic (exact) mass is 300 g/mol. The van der Waals surface area contributed by atoms with Gasteiger partial charge in [0.1, 0.15) is 0 Å². The Hall–Kier alpha value is -1.07. The number of hydrogen-bond acceptors (Lipinski definition) is 3. The maximum atomic E-state index is 12.5. The van der Waals surface area contributed by atoms with E-state index >= 15 is 0 Å². The van der Waals surface area contributed by atoms with Gasteiger partial charge in [0.25, 0.3) is 5.91 Å². The molecule has 1 atom stereocenters. The highest BCUT2D eigenvalue weighted by molar-refractivity contribution is 5.92. The number of carbonyl (C=O) groups is 1. The summed E-state index contributed by atoms with van der Waals surface area (Å²) in [7, 11) is 0. The number of rotatable bonds is 1. The summed E-state index contributed by atoms with van der Waals surface area (Å²) >= 11 is 0. The lowest BCUT2D eigenvalue weighted by Gasteiger charge is -2.33. The number of nitrogens with one attached hydrogen (secondary N) is 1. The second-order valence-corrected chi connectivity index (χ2v) is 6.31. The first-order chi connectivity index (χ1) is 8.80. The van der Waals surface area contributed by atoms with Gasteiger partial charge in [0.2, 0.25) is 0 Å². The van der Waals surface area contributed by atoms with Crippen LogP contribution in [0.3, 0.4) is 0 Å². The van der Waals surface area contributed by atoms with E-state index in [0.717, 1.165) is 25.3 Å². The van der Waals surface area contributed by atoms with E-state index in [-0.39, 0.29) is 29.9 Å². The van der Waals surface area contributed by atoms with Gasteiger partial charge < -0.3 is 10.2 Å². The van der Waals surface area contributed by atoms with Crippen LogP contribution in [-0.4, -0.2) is 46.3 Å². The zero-order valence-electron chi connectivity index (χ0n) is 12.9. The molecule has 1 saturated heterocycles. The molecule has 1 N–H and O–H groups in total. The highest BCUT2D eigenvalue weighted by atomic mass is 35.5. The topological polar surface area (TPSA) is 50.2 Å². The van der Waals surface area contributed by atoms with Gasteiger partial charge in [-0.25, -0.2) is 0 Å². The van der Waals surface area contributed by atoms with E-state index in [2.05, 4.69) is 38.1 Å². The molecule has 1 fully saturated rings. The molecule has 2 heterocycles. The molecule has 114 valence electrons. The lowest BCUT2D eigenvalue weighted by Crippen LogP contribution is -2.52. The van der Waals surface area contributed by atoms with Crippen molar-refractivity contribution in [3.05, 3.63) is 17.5 Å². The minimum atomic E-state index is -0.0995. The number of amides is 1. The second kappa shape index (κ2) is 6.14. The molecule has 1 aliphatic rings. The average Bonchev–Trinajstić information content (AvgIpc) is 2.71. The van der Waals surface area contributed by atoms with Gasteiger partial charge in [-0.2, -0.15) is 5.10 Å². The maximum Gasteiger partial charge on any atom is 0.274 e. The Labute approximate surface area is 127 Å². The minimum absolute atomic E-state index is 0. The standard InChI is InChI=1S/C14H24N4O.ClH/c1-10-8-12(16-18(10)14(3,4)5)13(19)17-7-6-15-9-11(17)2;/h8,11,15H,6-7,9H2,1-5H3;1H/t11-;/m0./s1. The summed E-state index contributed by atoms with van der Waals surface area (Å²) in [5.74, 6) is 0.0418. The van der Waals surface area contributed by atoms with Crippen molar-refractivity contribution in [2.45, 2.75) is 46.2 Å². The molecule has 0 aliphatic carbocycles. The van der Waals surface area contributed by atoms with Gasteiger partial charge in [-0.1, -0.05) is 0 Å². The maximum absolute atomic E-state index is 12.5. The van der Waals surface area contributed by atoms with Crippen molar-refractivity contribution >= 4 is 18.3 Å². The van der Waals surface area contributed by atoms with Gasteiger partial charge in [-0.3, -0.25) is 9.48 Å². The molecule has 1 aromatic heterocycles. The van der Waals surface area contributed by atoms with Crippen LogP contribution in [0.2, 0.25) is 0 Å². The van der Waals surface area contributed by atoms with E-state index in [1.54, 1.807) is 0 Å². The third kappa shape index (κ3) is 3.33. The van der Waals surface area contributed by atoms with Crippen LogP contribution >= 0.6 is 12.4 Å². The Balaban J connectivity index is 0.00000200. The minimum Gasteiger partial charge on any atom is -0.332 e. The predicted molar refractivity (Wildman–Crippen MR) is 82.6 cm³/mol. The largest absolute Gasteiger partial charge is 0.332 e. The van der Waals surface area contributed by atoms with Crippen LogP contribution in [-0.2, 0) is 5.54 Å². The summed E-state index contributed by atoms with van der Waals surface area (Å²) in [6.07, 6.45) is 0. The van der Waals surface area contributed by atoms with Crippen LogP contribution in [0.15, 0.2) is 6.07 Å². The summed E-state index contributed by atoms with van der Waals surface area (Å²) in [4.78, 5) is 14.4. The molecule has 0 bridgehead atoms. The van der Waals surface area contributed by atoms with Gasteiger partial charge in [0, 0.05) is 31.4 Å². The predicted octanol–water partition coefficient (Wildman–Crippen LogP) is 1.80. The molecule has 0 unspecified atom stereocenters. The number of carbonyl (C=O) groups excluding carboxylic acids is 1. The number of nitrogens with zero attached hydrogens (tertiary/aromatic N) is 3. The summed E-state index contributed by atoms with van der Waals surface area (Å²) in [6, 6.07) is 2.11. The van der Waals surface area contributed by atoms with Crippen molar-refractivity contribution in [3.8, 4) is 0 Å². The lowest BCUT2D eigenvalue weighted by molar-refractivity contribution is 0.0648. The van der Waals surface area contributed by atoms with E-state index in [1.807, 2.05) is 22.6 Å². The van der Waals surface area contributed by atoms with Crippen LogP contribution in [0.1, 0.15) is 43.9 Å². The van der Waals surface area contributed by atoms with Crippen LogP contribution in [0.5, 0.6) is 0 Å². The fourth-order valence-corrected chi connectivity index (χ4v) is 2.55. The molecule has 0 radical (unpaired) electrons. The Kier molecular flexibility index (Phi) is 5.21. The molecule has 5 nitrogen and oxygen atoms in total. The zero-order chi connectivity index (χ0) is 14.2. The smallest absolute Gasteiger partial charge is 0.274 e. The Bertz CT molecular complexity index is 478. The molecule has 0 aromatic carbocycles. The number of aryl methyl sites for hydroxylation is 1. The third-order valence-corrected chi connectivity index (χ3v) is 3.50. The van der Waals surface area contributed by atoms with Crippen molar-refractivity contribution in [3.63, 3.8) is 0 Å². The first-order valence-corrected chi connectivity index (χ1v) is 6.89. The van der Waals surface area contributed by atoms with Crippen LogP contribution in [0.4, 0.5) is 0 Å². The molecule has 20 heavy (non-hydrogen) atoms. The van der Waals surface area contributed by atoms with Gasteiger partial charge >= 0.3 is 0 Å². The van der Waals surface area contributed by atoms with Crippen molar-refractivity contribution in [2.75, 3.05) is 19.6 Å². The fraction of sp³-hybridized carbons (Fsp3) is 0.714. The van der Waals surface area contributed by atoms with Crippen molar-refractivity contribution in [2.24, 2.45) is 0 Å². The highest BCUT2D eigenvalue weighted by Gasteiger charge is 2.27. The molecule has 1 aliphatic heterocycles. The Morgan fingerprint density at radius 3 is 2.60 bits per heavy atom. The van der Waals surface area contributed by atoms with Gasteiger partial charge in [-0.15, -0.1) is 12.4 Å². The third-order valence-electron chi connectivity index (χ3n) is 3.50. The zero-order valence-corrected chi connectivity index (χ0v) is 13.8. The Morgan fingerprint density at radius 1 is 1.45 bits per heavy atom. The van der Waals surface area contributed by atoms with E-state index in [9.17, 15) is 4.79 Å². The van der Waals surface area contributed by atoms with E-state index < -0.39 is 0 Å². The van der Waals surface area contributed by atoms with E-state index in [0.29, 0.717) is 5.69 Å². The van der Waals surface area contributed by atoms with Crippen molar-refractivity contribution in [1.29, 1.82) is 0 Å². The van der Waals surface area contributed by atoms with E-state index in [4.69, 9.17) is 0 Å². The molecular formula is C14H25ClN4O. The molecule has 6 heteroatoms. The second-order valence-electron chi connectivity index (χ2n) is 6.31. The molecule has 0 spiro atoms. The fourth-order valence-electron chi connectivity index (χ4n) is 2.55. The van der Waals surface area contributed by atoms with E-state index in [1.165, 1.54) is 0 Å². The quantitative estimate of drug-likeness (QED) is 0.860. The number of halogens is 1. The van der Waals surface area contributed by atoms with Gasteiger partial charge in [0.15, 0.2) is 5.69 Å². The molecule has 1 amide bonds. The number of hydrogen-bond donors (Lipinski definition) is 1. The van der Waals surface area contributed by atoms with Crippen LogP contribution in [0.25, 0.3) is 0 Å². The molecular weight excluding hydrogens is 276 g/mol. The number of piperazine rings is 1. The van der Waals surface area contributed by atoms with Gasteiger partial charge in [-0.05, 0) is 40.7 Å². The number of aromatic nitrogens is 2. The highest BCUT2D eigenvalue weighted by Crippen LogP contribution is 2.18.